The zero-order chi connectivity index (χ0) is 19.9. The quantitative estimate of drug-likeness (QED) is 0.568. The van der Waals surface area contributed by atoms with Gasteiger partial charge in [-0.15, -0.1) is 0 Å². The zero-order valence-electron chi connectivity index (χ0n) is 15.5. The maximum atomic E-state index is 12.7. The summed E-state index contributed by atoms with van der Waals surface area (Å²) in [5.74, 6) is 1.83. The predicted octanol–water partition coefficient (Wildman–Crippen LogP) is 5.55. The van der Waals surface area contributed by atoms with E-state index in [1.165, 1.54) is 0 Å². The van der Waals surface area contributed by atoms with Crippen molar-refractivity contribution in [3.63, 3.8) is 0 Å². The molecule has 3 rings (SSSR count). The summed E-state index contributed by atoms with van der Waals surface area (Å²) in [5, 5.41) is 3.30. The molecule has 0 bridgehead atoms. The maximum absolute atomic E-state index is 12.7. The van der Waals surface area contributed by atoms with Gasteiger partial charge in [0.2, 0.25) is 0 Å². The molecule has 0 aliphatic carbocycles. The summed E-state index contributed by atoms with van der Waals surface area (Å²) in [7, 11) is 1.55. The summed E-state index contributed by atoms with van der Waals surface area (Å²) < 4.78 is 16.9. The fourth-order valence-electron chi connectivity index (χ4n) is 2.50. The van der Waals surface area contributed by atoms with Crippen molar-refractivity contribution in [3.8, 4) is 23.0 Å². The lowest BCUT2D eigenvalue weighted by Crippen LogP contribution is -2.30. The average Bonchev–Trinajstić information content (AvgIpc) is 2.71. The molecule has 28 heavy (non-hydrogen) atoms. The van der Waals surface area contributed by atoms with Gasteiger partial charge in [0.25, 0.3) is 5.91 Å². The van der Waals surface area contributed by atoms with Gasteiger partial charge in [-0.3, -0.25) is 4.79 Å². The van der Waals surface area contributed by atoms with Crippen molar-refractivity contribution < 1.29 is 19.0 Å². The SMILES string of the molecule is COc1ccccc1O[C@H](C)C(=O)Nc1cc(Cl)ccc1Oc1ccccc1. The Labute approximate surface area is 168 Å². The Balaban J connectivity index is 1.75. The van der Waals surface area contributed by atoms with E-state index in [-0.39, 0.29) is 5.91 Å². The van der Waals surface area contributed by atoms with Gasteiger partial charge >= 0.3 is 0 Å². The molecule has 0 spiro atoms. The summed E-state index contributed by atoms with van der Waals surface area (Å²) in [6.45, 7) is 1.66. The Bertz CT molecular complexity index is 946. The van der Waals surface area contributed by atoms with Crippen molar-refractivity contribution in [2.24, 2.45) is 0 Å². The van der Waals surface area contributed by atoms with Gasteiger partial charge in [-0.1, -0.05) is 41.9 Å². The molecule has 1 N–H and O–H groups in total. The monoisotopic (exact) mass is 397 g/mol. The molecule has 5 nitrogen and oxygen atoms in total. The third-order valence-electron chi connectivity index (χ3n) is 3.91. The van der Waals surface area contributed by atoms with Crippen LogP contribution in [0.3, 0.4) is 0 Å². The smallest absolute Gasteiger partial charge is 0.265 e. The van der Waals surface area contributed by atoms with E-state index < -0.39 is 6.10 Å². The second kappa shape index (κ2) is 9.15. The van der Waals surface area contributed by atoms with E-state index in [9.17, 15) is 4.79 Å². The Morgan fingerprint density at radius 1 is 0.929 bits per heavy atom. The number of anilines is 1. The molecule has 0 radical (unpaired) electrons. The lowest BCUT2D eigenvalue weighted by atomic mass is 10.2. The fraction of sp³-hybridized carbons (Fsp3) is 0.136. The highest BCUT2D eigenvalue weighted by Crippen LogP contribution is 2.32. The van der Waals surface area contributed by atoms with Gasteiger partial charge < -0.3 is 19.5 Å². The highest BCUT2D eigenvalue weighted by Gasteiger charge is 2.19. The van der Waals surface area contributed by atoms with E-state index in [0.29, 0.717) is 33.7 Å². The fourth-order valence-corrected chi connectivity index (χ4v) is 2.67. The molecule has 0 aliphatic heterocycles. The van der Waals surface area contributed by atoms with E-state index in [0.717, 1.165) is 0 Å². The van der Waals surface area contributed by atoms with E-state index in [1.54, 1.807) is 44.4 Å². The minimum atomic E-state index is -0.764. The van der Waals surface area contributed by atoms with Gasteiger partial charge in [0.1, 0.15) is 5.75 Å². The van der Waals surface area contributed by atoms with Crippen molar-refractivity contribution in [2.45, 2.75) is 13.0 Å². The van der Waals surface area contributed by atoms with Crippen LogP contribution in [0.25, 0.3) is 0 Å². The first kappa shape index (κ1) is 19.6. The lowest BCUT2D eigenvalue weighted by Gasteiger charge is -2.18. The van der Waals surface area contributed by atoms with Gasteiger partial charge in [0.15, 0.2) is 23.4 Å². The third-order valence-corrected chi connectivity index (χ3v) is 4.15. The van der Waals surface area contributed by atoms with Crippen LogP contribution < -0.4 is 19.5 Å². The molecular weight excluding hydrogens is 378 g/mol. The lowest BCUT2D eigenvalue weighted by molar-refractivity contribution is -0.122. The molecule has 0 aromatic heterocycles. The summed E-state index contributed by atoms with van der Waals surface area (Å²) in [4.78, 5) is 12.7. The van der Waals surface area contributed by atoms with Crippen molar-refractivity contribution >= 4 is 23.2 Å². The Hall–Kier alpha value is -3.18. The van der Waals surface area contributed by atoms with Crippen molar-refractivity contribution in [1.82, 2.24) is 0 Å². The molecule has 0 heterocycles. The number of carbonyl (C=O) groups is 1. The molecule has 0 saturated heterocycles. The maximum Gasteiger partial charge on any atom is 0.265 e. The van der Waals surface area contributed by atoms with Crippen LogP contribution in [-0.2, 0) is 4.79 Å². The first-order valence-electron chi connectivity index (χ1n) is 8.70. The number of halogens is 1. The van der Waals surface area contributed by atoms with Gasteiger partial charge in [0, 0.05) is 5.02 Å². The molecule has 3 aromatic carbocycles. The first-order valence-corrected chi connectivity index (χ1v) is 9.07. The largest absolute Gasteiger partial charge is 0.493 e. The number of para-hydroxylation sites is 3. The highest BCUT2D eigenvalue weighted by atomic mass is 35.5. The van der Waals surface area contributed by atoms with Crippen LogP contribution in [0.15, 0.2) is 72.8 Å². The molecule has 0 saturated carbocycles. The number of nitrogens with one attached hydrogen (secondary N) is 1. The van der Waals surface area contributed by atoms with E-state index in [2.05, 4.69) is 5.32 Å². The highest BCUT2D eigenvalue weighted by molar-refractivity contribution is 6.31. The van der Waals surface area contributed by atoms with Crippen LogP contribution in [0.2, 0.25) is 5.02 Å². The normalized spacial score (nSPS) is 11.4. The van der Waals surface area contributed by atoms with Gasteiger partial charge in [-0.25, -0.2) is 0 Å². The van der Waals surface area contributed by atoms with E-state index >= 15 is 0 Å². The number of methoxy groups -OCH3 is 1. The number of benzene rings is 3. The number of carbonyl (C=O) groups excluding carboxylic acids is 1. The topological polar surface area (TPSA) is 56.8 Å². The van der Waals surface area contributed by atoms with Crippen molar-refractivity contribution in [3.05, 3.63) is 77.8 Å². The molecule has 0 fully saturated rings. The second-order valence-electron chi connectivity index (χ2n) is 5.96. The summed E-state index contributed by atoms with van der Waals surface area (Å²) in [6.07, 6.45) is -0.764. The third kappa shape index (κ3) is 4.96. The van der Waals surface area contributed by atoms with Gasteiger partial charge in [-0.05, 0) is 49.4 Å². The molecule has 6 heteroatoms. The average molecular weight is 398 g/mol. The first-order chi connectivity index (χ1) is 13.6. The van der Waals surface area contributed by atoms with E-state index in [1.807, 2.05) is 42.5 Å². The molecule has 3 aromatic rings. The van der Waals surface area contributed by atoms with Crippen LogP contribution in [0.4, 0.5) is 5.69 Å². The summed E-state index contributed by atoms with van der Waals surface area (Å²) in [6, 6.07) is 21.5. The number of rotatable bonds is 7. The predicted molar refractivity (Wildman–Crippen MR) is 110 cm³/mol. The molecule has 0 unspecified atom stereocenters. The molecule has 1 amide bonds. The number of ether oxygens (including phenoxy) is 3. The molecule has 144 valence electrons. The molecular formula is C22H20ClNO4. The standard InChI is InChI=1S/C22H20ClNO4/c1-15(27-21-11-7-6-10-20(21)26-2)22(25)24-18-14-16(23)12-13-19(18)28-17-8-4-3-5-9-17/h3-15H,1-2H3,(H,24,25)/t15-/m1/s1. The van der Waals surface area contributed by atoms with Crippen LogP contribution in [0.5, 0.6) is 23.0 Å². The summed E-state index contributed by atoms with van der Waals surface area (Å²) in [5.41, 5.74) is 0.455. The minimum absolute atomic E-state index is 0.342. The van der Waals surface area contributed by atoms with Gasteiger partial charge in [0.05, 0.1) is 12.8 Å². The van der Waals surface area contributed by atoms with Gasteiger partial charge in [-0.2, -0.15) is 0 Å². The van der Waals surface area contributed by atoms with Crippen LogP contribution >= 0.6 is 11.6 Å². The van der Waals surface area contributed by atoms with Crippen molar-refractivity contribution in [1.29, 1.82) is 0 Å². The Morgan fingerprint density at radius 2 is 1.61 bits per heavy atom. The number of hydrogen-bond acceptors (Lipinski definition) is 4. The van der Waals surface area contributed by atoms with Crippen LogP contribution in [-0.4, -0.2) is 19.1 Å². The summed E-state index contributed by atoms with van der Waals surface area (Å²) >= 11 is 6.10. The second-order valence-corrected chi connectivity index (χ2v) is 6.39. The number of hydrogen-bond donors (Lipinski definition) is 1. The zero-order valence-corrected chi connectivity index (χ0v) is 16.3. The Morgan fingerprint density at radius 3 is 2.32 bits per heavy atom. The van der Waals surface area contributed by atoms with Crippen LogP contribution in [0, 0.1) is 0 Å². The minimum Gasteiger partial charge on any atom is -0.493 e. The van der Waals surface area contributed by atoms with Crippen LogP contribution in [0.1, 0.15) is 6.92 Å². The Kier molecular flexibility index (Phi) is 6.40. The molecule has 0 aliphatic rings. The van der Waals surface area contributed by atoms with E-state index in [4.69, 9.17) is 25.8 Å². The van der Waals surface area contributed by atoms with Crippen molar-refractivity contribution in [2.75, 3.05) is 12.4 Å². The molecule has 1 atom stereocenters. The number of amides is 1.